The summed E-state index contributed by atoms with van der Waals surface area (Å²) < 4.78 is 5.23. The van der Waals surface area contributed by atoms with Crippen LogP contribution in [0.25, 0.3) is 0 Å². The highest BCUT2D eigenvalue weighted by Crippen LogP contribution is 2.32. The first-order chi connectivity index (χ1) is 17.4. The molecule has 0 aromatic heterocycles. The Morgan fingerprint density at radius 3 is 2.58 bits per heavy atom. The smallest absolute Gasteiger partial charge is 0.329 e. The van der Waals surface area contributed by atoms with E-state index in [4.69, 9.17) is 4.74 Å². The van der Waals surface area contributed by atoms with Crippen LogP contribution in [-0.2, 0) is 14.3 Å². The van der Waals surface area contributed by atoms with Crippen LogP contribution in [0.2, 0.25) is 0 Å². The molecule has 1 aromatic rings. The number of urea groups is 1. The molecule has 0 bridgehead atoms. The highest BCUT2D eigenvalue weighted by atomic mass is 16.5. The maximum atomic E-state index is 13.5. The lowest BCUT2D eigenvalue weighted by Crippen LogP contribution is -2.52. The van der Waals surface area contributed by atoms with Crippen LogP contribution in [-0.4, -0.2) is 79.6 Å². The molecule has 1 N–H and O–H groups in total. The second kappa shape index (κ2) is 12.2. The van der Waals surface area contributed by atoms with Crippen molar-refractivity contribution in [3.05, 3.63) is 29.8 Å². The molecule has 0 spiro atoms. The predicted octanol–water partition coefficient (Wildman–Crippen LogP) is 3.75. The van der Waals surface area contributed by atoms with Crippen molar-refractivity contribution in [2.45, 2.75) is 76.8 Å². The van der Waals surface area contributed by atoms with Crippen molar-refractivity contribution in [2.75, 3.05) is 44.8 Å². The van der Waals surface area contributed by atoms with Gasteiger partial charge in [-0.2, -0.15) is 0 Å². The number of nitrogens with one attached hydrogen (secondary N) is 1. The van der Waals surface area contributed by atoms with E-state index in [0.29, 0.717) is 43.3 Å². The Morgan fingerprint density at radius 2 is 1.86 bits per heavy atom. The number of benzene rings is 1. The van der Waals surface area contributed by atoms with Gasteiger partial charge in [-0.25, -0.2) is 9.69 Å². The molecule has 4 rings (SSSR count). The van der Waals surface area contributed by atoms with Gasteiger partial charge in [-0.15, -0.1) is 0 Å². The second-order valence-corrected chi connectivity index (χ2v) is 10.8. The topological polar surface area (TPSA) is 82.2 Å². The Bertz CT molecular complexity index is 917. The molecular weight excluding hydrogens is 456 g/mol. The van der Waals surface area contributed by atoms with Gasteiger partial charge in [-0.05, 0) is 74.7 Å². The molecule has 3 unspecified atom stereocenters. The molecule has 36 heavy (non-hydrogen) atoms. The normalized spacial score (nSPS) is 24.7. The molecule has 4 amide bonds. The summed E-state index contributed by atoms with van der Waals surface area (Å²) in [7, 11) is 1.67. The van der Waals surface area contributed by atoms with Crippen molar-refractivity contribution in [1.82, 2.24) is 15.1 Å². The minimum atomic E-state index is -0.836. The summed E-state index contributed by atoms with van der Waals surface area (Å²) in [6.45, 7) is 8.42. The second-order valence-electron chi connectivity index (χ2n) is 10.8. The lowest BCUT2D eigenvalue weighted by molar-refractivity contribution is -0.135. The SMILES string of the molecule is COCCCN(CC1CCCN2CCCCC12)C(=O)CC1NC(=O)N(c2ccc(C(C)C)cc2)C1=O. The lowest BCUT2D eigenvalue weighted by Gasteiger charge is -2.45. The van der Waals surface area contributed by atoms with Crippen molar-refractivity contribution in [2.24, 2.45) is 5.92 Å². The Morgan fingerprint density at radius 1 is 1.11 bits per heavy atom. The van der Waals surface area contributed by atoms with E-state index in [9.17, 15) is 14.4 Å². The number of hydrogen-bond donors (Lipinski definition) is 1. The van der Waals surface area contributed by atoms with Crippen molar-refractivity contribution < 1.29 is 19.1 Å². The molecule has 0 saturated carbocycles. The average molecular weight is 499 g/mol. The van der Waals surface area contributed by atoms with Crippen molar-refractivity contribution in [3.8, 4) is 0 Å². The Kier molecular flexibility index (Phi) is 9.01. The number of fused-ring (bicyclic) bond motifs is 1. The summed E-state index contributed by atoms with van der Waals surface area (Å²) in [6, 6.07) is 6.72. The van der Waals surface area contributed by atoms with Gasteiger partial charge in [0.2, 0.25) is 5.91 Å². The van der Waals surface area contributed by atoms with Crippen LogP contribution >= 0.6 is 0 Å². The summed E-state index contributed by atoms with van der Waals surface area (Å²) in [6.07, 6.45) is 6.76. The van der Waals surface area contributed by atoms with Crippen molar-refractivity contribution in [3.63, 3.8) is 0 Å². The van der Waals surface area contributed by atoms with Crippen LogP contribution in [0.4, 0.5) is 10.5 Å². The molecule has 3 saturated heterocycles. The van der Waals surface area contributed by atoms with Crippen LogP contribution in [0.5, 0.6) is 0 Å². The predicted molar refractivity (Wildman–Crippen MR) is 140 cm³/mol. The van der Waals surface area contributed by atoms with Crippen LogP contribution < -0.4 is 10.2 Å². The third-order valence-corrected chi connectivity index (χ3v) is 8.03. The first kappa shape index (κ1) is 26.6. The fourth-order valence-electron chi connectivity index (χ4n) is 6.02. The van der Waals surface area contributed by atoms with E-state index < -0.39 is 12.1 Å². The molecule has 198 valence electrons. The number of ether oxygens (including phenoxy) is 1. The monoisotopic (exact) mass is 498 g/mol. The van der Waals surface area contributed by atoms with E-state index in [1.165, 1.54) is 30.6 Å². The molecule has 1 aromatic carbocycles. The standard InChI is InChI=1S/C28H42N4O4/c1-20(2)21-10-12-23(13-11-21)32-27(34)24(29-28(32)35)18-26(33)31(16-7-17-36-3)19-22-8-6-15-30-14-5-4-9-25(22)30/h10-13,20,22,24-25H,4-9,14-19H2,1-3H3,(H,29,35). The number of nitrogens with zero attached hydrogens (tertiary/aromatic N) is 3. The van der Waals surface area contributed by atoms with Gasteiger partial charge in [0.05, 0.1) is 12.1 Å². The van der Waals surface area contributed by atoms with Gasteiger partial charge in [0.1, 0.15) is 6.04 Å². The van der Waals surface area contributed by atoms with Crippen LogP contribution in [0.1, 0.15) is 70.3 Å². The summed E-state index contributed by atoms with van der Waals surface area (Å²) in [5, 5.41) is 2.75. The zero-order valence-corrected chi connectivity index (χ0v) is 22.1. The van der Waals surface area contributed by atoms with E-state index in [1.807, 2.05) is 17.0 Å². The van der Waals surface area contributed by atoms with E-state index >= 15 is 0 Å². The zero-order chi connectivity index (χ0) is 25.7. The first-order valence-electron chi connectivity index (χ1n) is 13.6. The van der Waals surface area contributed by atoms with Crippen LogP contribution in [0.3, 0.4) is 0 Å². The fourth-order valence-corrected chi connectivity index (χ4v) is 6.02. The highest BCUT2D eigenvalue weighted by Gasteiger charge is 2.41. The Labute approximate surface area is 215 Å². The van der Waals surface area contributed by atoms with Gasteiger partial charge in [-0.3, -0.25) is 9.59 Å². The van der Waals surface area contributed by atoms with Gasteiger partial charge >= 0.3 is 6.03 Å². The summed E-state index contributed by atoms with van der Waals surface area (Å²) >= 11 is 0. The summed E-state index contributed by atoms with van der Waals surface area (Å²) in [5.74, 6) is 0.380. The third kappa shape index (κ3) is 6.09. The molecule has 8 heteroatoms. The highest BCUT2D eigenvalue weighted by molar-refractivity contribution is 6.22. The van der Waals surface area contributed by atoms with E-state index in [0.717, 1.165) is 31.5 Å². The maximum Gasteiger partial charge on any atom is 0.329 e. The number of anilines is 1. The van der Waals surface area contributed by atoms with Crippen LogP contribution in [0, 0.1) is 5.92 Å². The number of imide groups is 1. The number of carbonyl (C=O) groups is 3. The van der Waals surface area contributed by atoms with Gasteiger partial charge in [0.25, 0.3) is 5.91 Å². The quantitative estimate of drug-likeness (QED) is 0.392. The maximum absolute atomic E-state index is 13.5. The molecule has 3 atom stereocenters. The third-order valence-electron chi connectivity index (χ3n) is 8.03. The van der Waals surface area contributed by atoms with Gasteiger partial charge < -0.3 is 19.9 Å². The number of hydrogen-bond acceptors (Lipinski definition) is 5. The molecule has 8 nitrogen and oxygen atoms in total. The largest absolute Gasteiger partial charge is 0.385 e. The minimum Gasteiger partial charge on any atom is -0.385 e. The Balaban J connectivity index is 1.42. The summed E-state index contributed by atoms with van der Waals surface area (Å²) in [5.41, 5.74) is 1.68. The molecule has 3 aliphatic heterocycles. The van der Waals surface area contributed by atoms with Crippen LogP contribution in [0.15, 0.2) is 24.3 Å². The average Bonchev–Trinajstić information content (AvgIpc) is 3.15. The number of piperidine rings is 2. The van der Waals surface area contributed by atoms with E-state index in [2.05, 4.69) is 24.1 Å². The summed E-state index contributed by atoms with van der Waals surface area (Å²) in [4.78, 5) is 45.1. The number of rotatable bonds is 10. The van der Waals surface area contributed by atoms with Crippen molar-refractivity contribution >= 4 is 23.5 Å². The molecular formula is C28H42N4O4. The first-order valence-corrected chi connectivity index (χ1v) is 13.6. The molecule has 0 aliphatic carbocycles. The lowest BCUT2D eigenvalue weighted by atomic mass is 9.83. The molecule has 3 heterocycles. The number of methoxy groups -OCH3 is 1. The van der Waals surface area contributed by atoms with Crippen molar-refractivity contribution in [1.29, 1.82) is 0 Å². The molecule has 3 aliphatic rings. The molecule has 0 radical (unpaired) electrons. The van der Waals surface area contributed by atoms with Gasteiger partial charge in [-0.1, -0.05) is 32.4 Å². The van der Waals surface area contributed by atoms with Gasteiger partial charge in [0.15, 0.2) is 0 Å². The fraction of sp³-hybridized carbons (Fsp3) is 0.679. The van der Waals surface area contributed by atoms with E-state index in [1.54, 1.807) is 19.2 Å². The number of carbonyl (C=O) groups excluding carboxylic acids is 3. The Hall–Kier alpha value is -2.45. The number of amides is 4. The molecule has 3 fully saturated rings. The zero-order valence-electron chi connectivity index (χ0n) is 22.1. The van der Waals surface area contributed by atoms with Gasteiger partial charge in [0, 0.05) is 32.8 Å². The minimum absolute atomic E-state index is 0.0146. The van der Waals surface area contributed by atoms with E-state index in [-0.39, 0.29) is 18.2 Å².